The summed E-state index contributed by atoms with van der Waals surface area (Å²) in [6.07, 6.45) is -26.8. The van der Waals surface area contributed by atoms with Crippen LogP contribution in [-0.4, -0.2) is 48.4 Å². The Bertz CT molecular complexity index is 398. The van der Waals surface area contributed by atoms with Crippen LogP contribution in [0.4, 0.5) is 70.2 Å². The molecular weight excluding hydrogens is 400 g/mol. The van der Waals surface area contributed by atoms with Gasteiger partial charge in [0.25, 0.3) is 0 Å². The van der Waals surface area contributed by atoms with Crippen molar-refractivity contribution in [2.45, 2.75) is 48.4 Å². The van der Waals surface area contributed by atoms with Gasteiger partial charge < -0.3 is 0 Å². The summed E-state index contributed by atoms with van der Waals surface area (Å²) in [5.41, 5.74) is 0. The SMILES string of the molecule is FC(C(F)C(F)(F)C(F)(F)C(F)(F)F)C(F)(F)C(F)(F)C(F)(F)F. The molecule has 0 aromatic rings. The molecule has 16 heteroatoms. The maximum atomic E-state index is 12.7. The molecule has 0 bridgehead atoms. The summed E-state index contributed by atoms with van der Waals surface area (Å²) in [6, 6.07) is 0. The monoisotopic (exact) mass is 402 g/mol. The minimum absolute atomic E-state index is 6.06. The first-order valence-electron chi connectivity index (χ1n) is 4.99. The van der Waals surface area contributed by atoms with Crippen molar-refractivity contribution in [3.05, 3.63) is 0 Å². The third-order valence-electron chi connectivity index (χ3n) is 2.50. The van der Waals surface area contributed by atoms with Gasteiger partial charge in [0.1, 0.15) is 0 Å². The second-order valence-electron chi connectivity index (χ2n) is 4.19. The van der Waals surface area contributed by atoms with Crippen molar-refractivity contribution in [3.63, 3.8) is 0 Å². The van der Waals surface area contributed by atoms with Gasteiger partial charge in [0.2, 0.25) is 12.3 Å². The molecule has 0 nitrogen and oxygen atoms in total. The van der Waals surface area contributed by atoms with E-state index in [1.54, 1.807) is 0 Å². The van der Waals surface area contributed by atoms with E-state index in [1.165, 1.54) is 0 Å². The van der Waals surface area contributed by atoms with Crippen molar-refractivity contribution in [1.82, 2.24) is 0 Å². The van der Waals surface area contributed by atoms with Gasteiger partial charge in [-0.15, -0.1) is 0 Å². The summed E-state index contributed by atoms with van der Waals surface area (Å²) < 4.78 is 195. The molecule has 0 rings (SSSR count). The zero-order valence-electron chi connectivity index (χ0n) is 10.2. The highest BCUT2D eigenvalue weighted by molar-refractivity contribution is 5.06. The van der Waals surface area contributed by atoms with Crippen LogP contribution in [0.25, 0.3) is 0 Å². The normalized spacial score (nSPS) is 18.5. The smallest absolute Gasteiger partial charge is 0.237 e. The second-order valence-corrected chi connectivity index (χ2v) is 4.19. The van der Waals surface area contributed by atoms with Crippen LogP contribution in [0.15, 0.2) is 0 Å². The van der Waals surface area contributed by atoms with E-state index in [0.717, 1.165) is 0 Å². The molecule has 0 saturated heterocycles. The first-order valence-corrected chi connectivity index (χ1v) is 4.99. The van der Waals surface area contributed by atoms with Gasteiger partial charge in [-0.05, 0) is 0 Å². The maximum Gasteiger partial charge on any atom is 0.459 e. The van der Waals surface area contributed by atoms with Crippen molar-refractivity contribution in [2.24, 2.45) is 0 Å². The van der Waals surface area contributed by atoms with Gasteiger partial charge in [0.15, 0.2) is 0 Å². The van der Waals surface area contributed by atoms with Gasteiger partial charge in [-0.1, -0.05) is 0 Å². The molecule has 0 aliphatic rings. The van der Waals surface area contributed by atoms with Gasteiger partial charge in [-0.2, -0.15) is 61.5 Å². The fraction of sp³-hybridized carbons (Fsp3) is 1.00. The first-order chi connectivity index (χ1) is 10.1. The van der Waals surface area contributed by atoms with Crippen LogP contribution in [0.2, 0.25) is 0 Å². The molecular formula is C8H2F16. The highest BCUT2D eigenvalue weighted by Crippen LogP contribution is 2.54. The standard InChI is InChI=1S/C8H2F16/c9-1(3(11,12)5(15,16)7(19,20)21)2(10)4(13,14)6(17,18)8(22,23)24/h1-2H. The molecule has 0 aromatic heterocycles. The summed E-state index contributed by atoms with van der Waals surface area (Å²) in [7, 11) is 0. The molecule has 0 aromatic carbocycles. The van der Waals surface area contributed by atoms with Crippen LogP contribution in [0.5, 0.6) is 0 Å². The van der Waals surface area contributed by atoms with Crippen molar-refractivity contribution >= 4 is 0 Å². The zero-order valence-corrected chi connectivity index (χ0v) is 10.2. The average molecular weight is 402 g/mol. The molecule has 0 N–H and O–H groups in total. The van der Waals surface area contributed by atoms with E-state index >= 15 is 0 Å². The van der Waals surface area contributed by atoms with Crippen LogP contribution in [0.1, 0.15) is 0 Å². The Morgan fingerprint density at radius 2 is 0.542 bits per heavy atom. The summed E-state index contributed by atoms with van der Waals surface area (Å²) in [5, 5.41) is 0. The highest BCUT2D eigenvalue weighted by Gasteiger charge is 2.82. The van der Waals surface area contributed by atoms with Gasteiger partial charge in [0.05, 0.1) is 0 Å². The fourth-order valence-electron chi connectivity index (χ4n) is 1.09. The molecule has 2 unspecified atom stereocenters. The summed E-state index contributed by atoms with van der Waals surface area (Å²) in [4.78, 5) is 0. The van der Waals surface area contributed by atoms with E-state index in [2.05, 4.69) is 0 Å². The zero-order chi connectivity index (χ0) is 20.2. The lowest BCUT2D eigenvalue weighted by atomic mass is 9.95. The summed E-state index contributed by atoms with van der Waals surface area (Å²) >= 11 is 0. The van der Waals surface area contributed by atoms with Crippen LogP contribution >= 0.6 is 0 Å². The van der Waals surface area contributed by atoms with Crippen LogP contribution in [0.3, 0.4) is 0 Å². The van der Waals surface area contributed by atoms with E-state index in [9.17, 15) is 70.2 Å². The first kappa shape index (κ1) is 22.9. The molecule has 0 aliphatic heterocycles. The van der Waals surface area contributed by atoms with E-state index < -0.39 is 48.4 Å². The molecule has 0 saturated carbocycles. The Hall–Kier alpha value is -1.12. The Morgan fingerprint density at radius 1 is 0.375 bits per heavy atom. The minimum Gasteiger partial charge on any atom is -0.237 e. The van der Waals surface area contributed by atoms with E-state index in [-0.39, 0.29) is 0 Å². The predicted molar refractivity (Wildman–Crippen MR) is 41.7 cm³/mol. The van der Waals surface area contributed by atoms with Crippen LogP contribution in [0, 0.1) is 0 Å². The number of hydrogen-bond acceptors (Lipinski definition) is 0. The molecule has 0 amide bonds. The molecule has 0 heterocycles. The van der Waals surface area contributed by atoms with E-state index in [4.69, 9.17) is 0 Å². The molecule has 24 heavy (non-hydrogen) atoms. The lowest BCUT2D eigenvalue weighted by molar-refractivity contribution is -0.392. The largest absolute Gasteiger partial charge is 0.459 e. The molecule has 0 fully saturated rings. The molecule has 2 atom stereocenters. The summed E-state index contributed by atoms with van der Waals surface area (Å²) in [6.45, 7) is 0. The van der Waals surface area contributed by atoms with Crippen molar-refractivity contribution in [3.8, 4) is 0 Å². The maximum absolute atomic E-state index is 12.7. The van der Waals surface area contributed by atoms with Gasteiger partial charge in [-0.25, -0.2) is 8.78 Å². The van der Waals surface area contributed by atoms with Crippen molar-refractivity contribution in [1.29, 1.82) is 0 Å². The Morgan fingerprint density at radius 3 is 0.667 bits per heavy atom. The lowest BCUT2D eigenvalue weighted by Crippen LogP contribution is -2.65. The van der Waals surface area contributed by atoms with Crippen molar-refractivity contribution in [2.75, 3.05) is 0 Å². The fourth-order valence-corrected chi connectivity index (χ4v) is 1.09. The molecule has 0 spiro atoms. The highest BCUT2D eigenvalue weighted by atomic mass is 19.4. The Labute approximate surface area is 120 Å². The summed E-state index contributed by atoms with van der Waals surface area (Å²) in [5.74, 6) is -29.9. The number of rotatable bonds is 5. The third-order valence-corrected chi connectivity index (χ3v) is 2.50. The second kappa shape index (κ2) is 5.71. The van der Waals surface area contributed by atoms with E-state index in [0.29, 0.717) is 0 Å². The number of halogens is 16. The third kappa shape index (κ3) is 3.19. The quantitative estimate of drug-likeness (QED) is 0.546. The van der Waals surface area contributed by atoms with Crippen LogP contribution < -0.4 is 0 Å². The Balaban J connectivity index is 5.94. The molecule has 0 radical (unpaired) electrons. The van der Waals surface area contributed by atoms with Gasteiger partial charge >= 0.3 is 36.0 Å². The molecule has 146 valence electrons. The van der Waals surface area contributed by atoms with Crippen LogP contribution in [-0.2, 0) is 0 Å². The minimum atomic E-state index is -7.55. The number of hydrogen-bond donors (Lipinski definition) is 0. The van der Waals surface area contributed by atoms with E-state index in [1.807, 2.05) is 0 Å². The number of alkyl halides is 16. The molecule has 0 aliphatic carbocycles. The van der Waals surface area contributed by atoms with Gasteiger partial charge in [-0.3, -0.25) is 0 Å². The lowest BCUT2D eigenvalue weighted by Gasteiger charge is -2.36. The predicted octanol–water partition coefficient (Wildman–Crippen LogP) is 5.33. The topological polar surface area (TPSA) is 0 Å². The van der Waals surface area contributed by atoms with Gasteiger partial charge in [0, 0.05) is 0 Å². The average Bonchev–Trinajstić information content (AvgIpc) is 2.33. The Kier molecular flexibility index (Phi) is 5.44. The van der Waals surface area contributed by atoms with Crippen molar-refractivity contribution < 1.29 is 70.2 Å².